The monoisotopic (exact) mass is 357 g/mol. The molecule has 0 saturated carbocycles. The lowest BCUT2D eigenvalue weighted by Crippen LogP contribution is -2.19. The third-order valence-corrected chi connectivity index (χ3v) is 5.03. The number of ether oxygens (including phenoxy) is 1. The molecule has 0 unspecified atom stereocenters. The molecule has 3 nitrogen and oxygen atoms in total. The van der Waals surface area contributed by atoms with E-state index in [2.05, 4.69) is 60.5 Å². The minimum Gasteiger partial charge on any atom is -0.367 e. The van der Waals surface area contributed by atoms with Crippen LogP contribution in [0.15, 0.2) is 54.6 Å². The summed E-state index contributed by atoms with van der Waals surface area (Å²) >= 11 is 0. The minimum atomic E-state index is 0.0154. The standard InChI is InChI=1S/C24H23NO2/c1-2-17-7-9-18(10-8-17)5-3-4-6-19-11-12-20-14-21-23(25-22(20)13-19)15-27-16-24(21)26/h4,6-14H,2-3,5,15-16H2,1H3/b6-4+. The van der Waals surface area contributed by atoms with E-state index in [-0.39, 0.29) is 12.4 Å². The van der Waals surface area contributed by atoms with Gasteiger partial charge in [-0.2, -0.15) is 0 Å². The second-order valence-electron chi connectivity index (χ2n) is 6.96. The van der Waals surface area contributed by atoms with Crippen LogP contribution in [0.1, 0.15) is 46.1 Å². The van der Waals surface area contributed by atoms with Crippen molar-refractivity contribution in [1.82, 2.24) is 4.98 Å². The van der Waals surface area contributed by atoms with Gasteiger partial charge in [-0.1, -0.05) is 55.5 Å². The number of carbonyl (C=O) groups excluding carboxylic acids is 1. The van der Waals surface area contributed by atoms with Crippen molar-refractivity contribution in [2.75, 3.05) is 6.61 Å². The van der Waals surface area contributed by atoms with E-state index in [1.54, 1.807) is 0 Å². The van der Waals surface area contributed by atoms with Crippen molar-refractivity contribution in [2.24, 2.45) is 0 Å². The highest BCUT2D eigenvalue weighted by Gasteiger charge is 2.19. The zero-order valence-electron chi connectivity index (χ0n) is 15.6. The summed E-state index contributed by atoms with van der Waals surface area (Å²) in [6.07, 6.45) is 7.48. The molecule has 0 amide bonds. The topological polar surface area (TPSA) is 39.2 Å². The van der Waals surface area contributed by atoms with E-state index in [0.29, 0.717) is 12.2 Å². The van der Waals surface area contributed by atoms with Gasteiger partial charge in [-0.25, -0.2) is 4.98 Å². The predicted octanol–water partition coefficient (Wildman–Crippen LogP) is 5.16. The molecule has 2 heterocycles. The van der Waals surface area contributed by atoms with Gasteiger partial charge in [0.2, 0.25) is 0 Å². The number of aromatic nitrogens is 1. The van der Waals surface area contributed by atoms with Gasteiger partial charge < -0.3 is 4.74 Å². The maximum Gasteiger partial charge on any atom is 0.190 e. The SMILES string of the molecule is CCc1ccc(CC/C=C/c2ccc3cc4c(nc3c2)COCC4=O)cc1. The van der Waals surface area contributed by atoms with Gasteiger partial charge in [-0.05, 0) is 48.1 Å². The largest absolute Gasteiger partial charge is 0.367 e. The minimum absolute atomic E-state index is 0.0154. The molecule has 1 aliphatic heterocycles. The van der Waals surface area contributed by atoms with Gasteiger partial charge in [0.25, 0.3) is 0 Å². The second-order valence-corrected chi connectivity index (χ2v) is 6.96. The first kappa shape index (κ1) is 17.6. The molecule has 0 spiro atoms. The lowest BCUT2D eigenvalue weighted by atomic mass is 10.0. The number of pyridine rings is 1. The Morgan fingerprint density at radius 1 is 1.04 bits per heavy atom. The van der Waals surface area contributed by atoms with Gasteiger partial charge in [-0.3, -0.25) is 4.79 Å². The highest BCUT2D eigenvalue weighted by atomic mass is 16.5. The molecule has 0 atom stereocenters. The number of allylic oxidation sites excluding steroid dienone is 1. The molecule has 0 N–H and O–H groups in total. The van der Waals surface area contributed by atoms with Crippen LogP contribution in [0.4, 0.5) is 0 Å². The molecule has 4 rings (SSSR count). The molecule has 3 heteroatoms. The van der Waals surface area contributed by atoms with Crippen LogP contribution in [-0.2, 0) is 24.2 Å². The van der Waals surface area contributed by atoms with Crippen molar-refractivity contribution in [1.29, 1.82) is 0 Å². The summed E-state index contributed by atoms with van der Waals surface area (Å²) in [6, 6.07) is 17.0. The first-order valence-electron chi connectivity index (χ1n) is 9.52. The molecule has 27 heavy (non-hydrogen) atoms. The molecule has 2 aromatic carbocycles. The molecular formula is C24H23NO2. The Bertz CT molecular complexity index is 1000. The van der Waals surface area contributed by atoms with Crippen LogP contribution in [0.5, 0.6) is 0 Å². The summed E-state index contributed by atoms with van der Waals surface area (Å²) in [5, 5.41) is 0.997. The molecule has 0 saturated heterocycles. The zero-order valence-corrected chi connectivity index (χ0v) is 15.6. The van der Waals surface area contributed by atoms with Crippen LogP contribution in [0.3, 0.4) is 0 Å². The summed E-state index contributed by atoms with van der Waals surface area (Å²) in [5.41, 5.74) is 6.23. The summed E-state index contributed by atoms with van der Waals surface area (Å²) in [7, 11) is 0. The molecule has 0 fully saturated rings. The number of nitrogens with zero attached hydrogens (tertiary/aromatic N) is 1. The Morgan fingerprint density at radius 2 is 1.85 bits per heavy atom. The fraction of sp³-hybridized carbons (Fsp3) is 0.250. The average Bonchev–Trinajstić information content (AvgIpc) is 2.70. The second kappa shape index (κ2) is 7.85. The number of benzene rings is 2. The van der Waals surface area contributed by atoms with E-state index in [1.165, 1.54) is 11.1 Å². The number of carbonyl (C=O) groups is 1. The van der Waals surface area contributed by atoms with Crippen molar-refractivity contribution in [3.8, 4) is 0 Å². The molecular weight excluding hydrogens is 334 g/mol. The molecule has 3 aromatic rings. The molecule has 0 bridgehead atoms. The summed E-state index contributed by atoms with van der Waals surface area (Å²) in [5.74, 6) is 0.0154. The van der Waals surface area contributed by atoms with Crippen LogP contribution in [-0.4, -0.2) is 17.4 Å². The normalized spacial score (nSPS) is 14.0. The van der Waals surface area contributed by atoms with Crippen molar-refractivity contribution in [3.63, 3.8) is 0 Å². The highest BCUT2D eigenvalue weighted by molar-refractivity contribution is 6.01. The van der Waals surface area contributed by atoms with Gasteiger partial charge in [-0.15, -0.1) is 0 Å². The van der Waals surface area contributed by atoms with E-state index in [1.807, 2.05) is 12.1 Å². The van der Waals surface area contributed by atoms with Crippen molar-refractivity contribution >= 4 is 22.8 Å². The number of aryl methyl sites for hydroxylation is 2. The maximum absolute atomic E-state index is 11.9. The summed E-state index contributed by atoms with van der Waals surface area (Å²) in [6.45, 7) is 2.74. The smallest absolute Gasteiger partial charge is 0.190 e. The Morgan fingerprint density at radius 3 is 2.67 bits per heavy atom. The van der Waals surface area contributed by atoms with Gasteiger partial charge in [0, 0.05) is 10.9 Å². The fourth-order valence-corrected chi connectivity index (χ4v) is 3.41. The Kier molecular flexibility index (Phi) is 5.12. The average molecular weight is 357 g/mol. The van der Waals surface area contributed by atoms with E-state index in [4.69, 9.17) is 4.74 Å². The summed E-state index contributed by atoms with van der Waals surface area (Å²) < 4.78 is 5.30. The van der Waals surface area contributed by atoms with E-state index in [0.717, 1.165) is 41.4 Å². The third-order valence-electron chi connectivity index (χ3n) is 5.03. The lowest BCUT2D eigenvalue weighted by Gasteiger charge is -2.15. The molecule has 0 radical (unpaired) electrons. The molecule has 136 valence electrons. The van der Waals surface area contributed by atoms with Gasteiger partial charge in [0.15, 0.2) is 5.78 Å². The van der Waals surface area contributed by atoms with Crippen LogP contribution in [0.25, 0.3) is 17.0 Å². The maximum atomic E-state index is 11.9. The zero-order chi connectivity index (χ0) is 18.6. The Balaban J connectivity index is 1.46. The number of rotatable bonds is 5. The van der Waals surface area contributed by atoms with Gasteiger partial charge in [0.05, 0.1) is 17.8 Å². The van der Waals surface area contributed by atoms with Crippen molar-refractivity contribution in [3.05, 3.63) is 82.6 Å². The number of hydrogen-bond donors (Lipinski definition) is 0. The van der Waals surface area contributed by atoms with E-state index < -0.39 is 0 Å². The molecule has 1 aliphatic rings. The highest BCUT2D eigenvalue weighted by Crippen LogP contribution is 2.22. The first-order chi connectivity index (χ1) is 13.2. The number of Topliss-reactive ketones (excluding diaryl/α,β-unsaturated/α-hetero) is 1. The molecule has 0 aliphatic carbocycles. The van der Waals surface area contributed by atoms with Crippen LogP contribution >= 0.6 is 0 Å². The van der Waals surface area contributed by atoms with Gasteiger partial charge in [0.1, 0.15) is 6.61 Å². The number of hydrogen-bond acceptors (Lipinski definition) is 3. The van der Waals surface area contributed by atoms with E-state index in [9.17, 15) is 4.79 Å². The van der Waals surface area contributed by atoms with Crippen LogP contribution in [0, 0.1) is 0 Å². The Labute approximate surface area is 159 Å². The van der Waals surface area contributed by atoms with Crippen LogP contribution in [0.2, 0.25) is 0 Å². The number of ketones is 1. The number of fused-ring (bicyclic) bond motifs is 2. The quantitative estimate of drug-likeness (QED) is 0.633. The predicted molar refractivity (Wildman–Crippen MR) is 109 cm³/mol. The fourth-order valence-electron chi connectivity index (χ4n) is 3.41. The Hall–Kier alpha value is -2.78. The summed E-state index contributed by atoms with van der Waals surface area (Å²) in [4.78, 5) is 16.6. The van der Waals surface area contributed by atoms with Gasteiger partial charge >= 0.3 is 0 Å². The van der Waals surface area contributed by atoms with E-state index >= 15 is 0 Å². The molecule has 1 aromatic heterocycles. The first-order valence-corrected chi connectivity index (χ1v) is 9.52. The van der Waals surface area contributed by atoms with Crippen molar-refractivity contribution < 1.29 is 9.53 Å². The lowest BCUT2D eigenvalue weighted by molar-refractivity contribution is 0.0656. The van der Waals surface area contributed by atoms with Crippen molar-refractivity contribution in [2.45, 2.75) is 32.8 Å². The third kappa shape index (κ3) is 3.99. The van der Waals surface area contributed by atoms with Crippen LogP contribution < -0.4 is 0 Å².